The highest BCUT2D eigenvalue weighted by Crippen LogP contribution is 2.17. The van der Waals surface area contributed by atoms with Crippen molar-refractivity contribution in [2.24, 2.45) is 14.1 Å². The smallest absolute Gasteiger partial charge is 0.328 e. The van der Waals surface area contributed by atoms with Gasteiger partial charge in [-0.15, -0.1) is 12.4 Å². The van der Waals surface area contributed by atoms with Gasteiger partial charge in [0.05, 0.1) is 18.1 Å². The molecule has 0 radical (unpaired) electrons. The Balaban J connectivity index is 0.00000225. The van der Waals surface area contributed by atoms with Crippen LogP contribution in [0.5, 0.6) is 5.75 Å². The van der Waals surface area contributed by atoms with Crippen LogP contribution in [0.3, 0.4) is 0 Å². The number of rotatable bonds is 6. The maximum absolute atomic E-state index is 12.0. The third kappa shape index (κ3) is 3.89. The lowest BCUT2D eigenvalue weighted by atomic mass is 10.1. The number of benzene rings is 2. The molecular weight excluding hydrogens is 338 g/mol. The maximum atomic E-state index is 12.0. The van der Waals surface area contributed by atoms with Crippen LogP contribution in [0.15, 0.2) is 47.3 Å². The standard InChI is InChI=1S/C19H23N3O2.ClH/c1-21-16-9-8-14(12-17(16)22(2)19(21)23)13-20-11-10-15-6-4-5-7-18(15)24-3;/h4-9,12,20H,10-11,13H2,1-3H3;1H. The van der Waals surface area contributed by atoms with Gasteiger partial charge in [0.2, 0.25) is 0 Å². The first-order chi connectivity index (χ1) is 11.6. The Kier molecular flexibility index (Phi) is 6.28. The van der Waals surface area contributed by atoms with Gasteiger partial charge in [0, 0.05) is 20.6 Å². The van der Waals surface area contributed by atoms with Crippen molar-refractivity contribution in [1.29, 1.82) is 0 Å². The zero-order valence-electron chi connectivity index (χ0n) is 14.8. The Labute approximate surface area is 153 Å². The van der Waals surface area contributed by atoms with Gasteiger partial charge in [0.15, 0.2) is 0 Å². The fourth-order valence-electron chi connectivity index (χ4n) is 3.03. The van der Waals surface area contributed by atoms with Gasteiger partial charge >= 0.3 is 5.69 Å². The van der Waals surface area contributed by atoms with Gasteiger partial charge < -0.3 is 10.1 Å². The molecular formula is C19H24ClN3O2. The van der Waals surface area contributed by atoms with Gasteiger partial charge in [0.25, 0.3) is 0 Å². The van der Waals surface area contributed by atoms with E-state index in [2.05, 4.69) is 23.5 Å². The first-order valence-corrected chi connectivity index (χ1v) is 8.08. The van der Waals surface area contributed by atoms with E-state index in [0.717, 1.165) is 36.3 Å². The summed E-state index contributed by atoms with van der Waals surface area (Å²) in [4.78, 5) is 12.0. The number of ether oxygens (including phenoxy) is 1. The lowest BCUT2D eigenvalue weighted by molar-refractivity contribution is 0.409. The molecule has 0 fully saturated rings. The molecule has 0 saturated heterocycles. The molecule has 5 nitrogen and oxygen atoms in total. The summed E-state index contributed by atoms with van der Waals surface area (Å²) in [6.45, 7) is 1.64. The van der Waals surface area contributed by atoms with Gasteiger partial charge in [-0.05, 0) is 42.3 Å². The molecule has 0 saturated carbocycles. The van der Waals surface area contributed by atoms with Crippen LogP contribution in [0.4, 0.5) is 0 Å². The molecule has 1 heterocycles. The van der Waals surface area contributed by atoms with Crippen LogP contribution < -0.4 is 15.7 Å². The highest BCUT2D eigenvalue weighted by atomic mass is 35.5. The SMILES string of the molecule is COc1ccccc1CCNCc1ccc2c(c1)n(C)c(=O)n2C.Cl. The van der Waals surface area contributed by atoms with Crippen LogP contribution in [0, 0.1) is 0 Å². The van der Waals surface area contributed by atoms with Crippen LogP contribution >= 0.6 is 12.4 Å². The fraction of sp³-hybridized carbons (Fsp3) is 0.316. The van der Waals surface area contributed by atoms with E-state index in [1.54, 1.807) is 23.3 Å². The van der Waals surface area contributed by atoms with Gasteiger partial charge in [-0.2, -0.15) is 0 Å². The molecule has 0 spiro atoms. The van der Waals surface area contributed by atoms with E-state index in [1.165, 1.54) is 11.1 Å². The average molecular weight is 362 g/mol. The van der Waals surface area contributed by atoms with Crippen molar-refractivity contribution in [3.05, 3.63) is 64.1 Å². The molecule has 1 aromatic heterocycles. The number of hydrogen-bond donors (Lipinski definition) is 1. The predicted octanol–water partition coefficient (Wildman–Crippen LogP) is 2.64. The Morgan fingerprint density at radius 1 is 1.04 bits per heavy atom. The summed E-state index contributed by atoms with van der Waals surface area (Å²) in [6.07, 6.45) is 0.913. The van der Waals surface area contributed by atoms with E-state index in [1.807, 2.05) is 31.3 Å². The number of aromatic nitrogens is 2. The second-order valence-corrected chi connectivity index (χ2v) is 5.96. The molecule has 25 heavy (non-hydrogen) atoms. The van der Waals surface area contributed by atoms with Crippen molar-refractivity contribution in [2.45, 2.75) is 13.0 Å². The number of imidazole rings is 1. The van der Waals surface area contributed by atoms with Crippen molar-refractivity contribution in [3.8, 4) is 5.75 Å². The average Bonchev–Trinajstić information content (AvgIpc) is 2.83. The second-order valence-electron chi connectivity index (χ2n) is 5.96. The van der Waals surface area contributed by atoms with E-state index < -0.39 is 0 Å². The quantitative estimate of drug-likeness (QED) is 0.687. The summed E-state index contributed by atoms with van der Waals surface area (Å²) in [5.41, 5.74) is 4.30. The summed E-state index contributed by atoms with van der Waals surface area (Å²) in [5, 5.41) is 3.46. The van der Waals surface area contributed by atoms with Crippen LogP contribution in [-0.4, -0.2) is 22.8 Å². The van der Waals surface area contributed by atoms with E-state index in [9.17, 15) is 4.79 Å². The topological polar surface area (TPSA) is 48.2 Å². The largest absolute Gasteiger partial charge is 0.496 e. The Hall–Kier alpha value is -2.24. The Bertz CT molecular complexity index is 915. The Morgan fingerprint density at radius 2 is 1.76 bits per heavy atom. The van der Waals surface area contributed by atoms with Crippen LogP contribution in [-0.2, 0) is 27.1 Å². The Morgan fingerprint density at radius 3 is 2.52 bits per heavy atom. The van der Waals surface area contributed by atoms with E-state index in [-0.39, 0.29) is 18.1 Å². The number of hydrogen-bond acceptors (Lipinski definition) is 3. The molecule has 0 bridgehead atoms. The van der Waals surface area contributed by atoms with E-state index in [0.29, 0.717) is 0 Å². The van der Waals surface area contributed by atoms with Crippen LogP contribution in [0.1, 0.15) is 11.1 Å². The molecule has 1 N–H and O–H groups in total. The maximum Gasteiger partial charge on any atom is 0.328 e. The third-order valence-corrected chi connectivity index (χ3v) is 4.43. The molecule has 0 aliphatic carbocycles. The molecule has 0 unspecified atom stereocenters. The highest BCUT2D eigenvalue weighted by Gasteiger charge is 2.08. The van der Waals surface area contributed by atoms with Gasteiger partial charge in [0.1, 0.15) is 5.75 Å². The molecule has 3 aromatic rings. The number of para-hydroxylation sites is 1. The van der Waals surface area contributed by atoms with Gasteiger partial charge in [-0.3, -0.25) is 9.13 Å². The minimum Gasteiger partial charge on any atom is -0.496 e. The van der Waals surface area contributed by atoms with Crippen molar-refractivity contribution in [1.82, 2.24) is 14.5 Å². The van der Waals surface area contributed by atoms with Gasteiger partial charge in [-0.1, -0.05) is 24.3 Å². The van der Waals surface area contributed by atoms with Gasteiger partial charge in [-0.25, -0.2) is 4.79 Å². The van der Waals surface area contributed by atoms with Crippen LogP contribution in [0.25, 0.3) is 11.0 Å². The summed E-state index contributed by atoms with van der Waals surface area (Å²) < 4.78 is 8.74. The molecule has 0 atom stereocenters. The van der Waals surface area contributed by atoms with Crippen LogP contribution in [0.2, 0.25) is 0 Å². The molecule has 134 valence electrons. The zero-order chi connectivity index (χ0) is 17.1. The molecule has 0 amide bonds. The molecule has 2 aromatic carbocycles. The number of aryl methyl sites for hydroxylation is 2. The van der Waals surface area contributed by atoms with Crippen molar-refractivity contribution in [2.75, 3.05) is 13.7 Å². The molecule has 0 aliphatic heterocycles. The second kappa shape index (κ2) is 8.23. The molecule has 0 aliphatic rings. The number of fused-ring (bicyclic) bond motifs is 1. The first kappa shape index (κ1) is 19.1. The van der Waals surface area contributed by atoms with Crippen molar-refractivity contribution < 1.29 is 4.74 Å². The number of halogens is 1. The van der Waals surface area contributed by atoms with Crippen molar-refractivity contribution in [3.63, 3.8) is 0 Å². The summed E-state index contributed by atoms with van der Waals surface area (Å²) in [7, 11) is 5.31. The minimum atomic E-state index is 0. The number of methoxy groups -OCH3 is 1. The summed E-state index contributed by atoms with van der Waals surface area (Å²) in [6, 6.07) is 14.2. The number of nitrogens with zero attached hydrogens (tertiary/aromatic N) is 2. The zero-order valence-corrected chi connectivity index (χ0v) is 15.6. The minimum absolute atomic E-state index is 0. The summed E-state index contributed by atoms with van der Waals surface area (Å²) in [5.74, 6) is 0.931. The lowest BCUT2D eigenvalue weighted by Gasteiger charge is -2.09. The molecule has 3 rings (SSSR count). The first-order valence-electron chi connectivity index (χ1n) is 8.08. The van der Waals surface area contributed by atoms with E-state index >= 15 is 0 Å². The fourth-order valence-corrected chi connectivity index (χ4v) is 3.03. The van der Waals surface area contributed by atoms with Crippen molar-refractivity contribution >= 4 is 23.4 Å². The third-order valence-electron chi connectivity index (χ3n) is 4.43. The number of nitrogens with one attached hydrogen (secondary N) is 1. The predicted molar refractivity (Wildman–Crippen MR) is 104 cm³/mol. The summed E-state index contributed by atoms with van der Waals surface area (Å²) >= 11 is 0. The highest BCUT2D eigenvalue weighted by molar-refractivity contribution is 5.85. The monoisotopic (exact) mass is 361 g/mol. The normalized spacial score (nSPS) is 10.7. The molecule has 6 heteroatoms. The van der Waals surface area contributed by atoms with E-state index in [4.69, 9.17) is 4.74 Å². The lowest BCUT2D eigenvalue weighted by Crippen LogP contribution is -2.19.